The van der Waals surface area contributed by atoms with Crippen molar-refractivity contribution >= 4 is 40.7 Å². The topological polar surface area (TPSA) is 80.7 Å². The number of halogens is 2. The van der Waals surface area contributed by atoms with Gasteiger partial charge in [0.2, 0.25) is 5.78 Å². The number of rotatable bonds is 5. The van der Waals surface area contributed by atoms with E-state index in [1.165, 1.54) is 0 Å². The monoisotopic (exact) mass is 496 g/mol. The number of esters is 1. The van der Waals surface area contributed by atoms with Crippen LogP contribution in [0.15, 0.2) is 23.8 Å². The van der Waals surface area contributed by atoms with Crippen molar-refractivity contribution in [2.45, 2.75) is 82.1 Å². The summed E-state index contributed by atoms with van der Waals surface area (Å²) < 4.78 is 6.06. The summed E-state index contributed by atoms with van der Waals surface area (Å²) in [4.78, 5) is 37.3. The molecule has 0 aromatic rings. The van der Waals surface area contributed by atoms with E-state index in [-0.39, 0.29) is 30.0 Å². The minimum atomic E-state index is -1.43. The van der Waals surface area contributed by atoms with E-state index in [1.54, 1.807) is 12.2 Å². The molecule has 0 heterocycles. The molecule has 3 saturated carbocycles. The lowest BCUT2D eigenvalue weighted by Gasteiger charge is -2.64. The second-order valence-electron chi connectivity index (χ2n) is 10.9. The average molecular weight is 497 g/mol. The van der Waals surface area contributed by atoms with Crippen molar-refractivity contribution in [1.29, 1.82) is 0 Å². The third kappa shape index (κ3) is 3.11. The SMILES string of the molecule is CCCC(=O)O[C@]1(C(=O)CO)[C@H](C)C[C@H]2[C@@H]3CCC4=CC(=O)C=C[C@]4(C)[C@@]3(Cl)[C@@H](Cl)C[C@@]21C. The first-order valence-corrected chi connectivity index (χ1v) is 12.9. The molecule has 4 aliphatic rings. The van der Waals surface area contributed by atoms with Crippen molar-refractivity contribution in [1.82, 2.24) is 0 Å². The maximum Gasteiger partial charge on any atom is 0.306 e. The predicted molar refractivity (Wildman–Crippen MR) is 127 cm³/mol. The Balaban J connectivity index is 1.83. The van der Waals surface area contributed by atoms with Crippen molar-refractivity contribution in [2.24, 2.45) is 28.6 Å². The number of allylic oxidation sites excluding steroid dienone is 4. The van der Waals surface area contributed by atoms with E-state index in [1.807, 2.05) is 26.8 Å². The lowest BCUT2D eigenvalue weighted by atomic mass is 9.46. The van der Waals surface area contributed by atoms with Crippen LogP contribution in [0.25, 0.3) is 0 Å². The largest absolute Gasteiger partial charge is 0.450 e. The van der Waals surface area contributed by atoms with Crippen LogP contribution in [-0.2, 0) is 19.1 Å². The molecule has 0 saturated heterocycles. The molecule has 33 heavy (non-hydrogen) atoms. The van der Waals surface area contributed by atoms with Gasteiger partial charge in [-0.15, -0.1) is 23.2 Å². The summed E-state index contributed by atoms with van der Waals surface area (Å²) in [6.07, 6.45) is 8.52. The molecule has 182 valence electrons. The van der Waals surface area contributed by atoms with Gasteiger partial charge < -0.3 is 9.84 Å². The van der Waals surface area contributed by atoms with Gasteiger partial charge in [-0.1, -0.05) is 39.3 Å². The molecule has 3 fully saturated rings. The fraction of sp³-hybridized carbons (Fsp3) is 0.731. The van der Waals surface area contributed by atoms with Gasteiger partial charge in [-0.25, -0.2) is 0 Å². The molecule has 0 bridgehead atoms. The van der Waals surface area contributed by atoms with E-state index in [9.17, 15) is 19.5 Å². The van der Waals surface area contributed by atoms with Gasteiger partial charge in [0.05, 0.1) is 10.3 Å². The second-order valence-corrected chi connectivity index (χ2v) is 12.0. The summed E-state index contributed by atoms with van der Waals surface area (Å²) in [5.74, 6) is -1.24. The van der Waals surface area contributed by atoms with Gasteiger partial charge in [-0.3, -0.25) is 14.4 Å². The Kier molecular flexibility index (Phi) is 6.20. The third-order valence-electron chi connectivity index (χ3n) is 9.42. The van der Waals surface area contributed by atoms with E-state index >= 15 is 0 Å². The van der Waals surface area contributed by atoms with Gasteiger partial charge >= 0.3 is 5.97 Å². The zero-order chi connectivity index (χ0) is 24.4. The fourth-order valence-corrected chi connectivity index (χ4v) is 9.12. The van der Waals surface area contributed by atoms with E-state index < -0.39 is 45.0 Å². The number of Topliss-reactive ketones (excluding diaryl/α,β-unsaturated/α-hetero) is 1. The van der Waals surface area contributed by atoms with E-state index in [0.29, 0.717) is 19.3 Å². The molecule has 8 atom stereocenters. The highest BCUT2D eigenvalue weighted by Crippen LogP contribution is 2.72. The number of alkyl halides is 2. The number of ether oxygens (including phenoxy) is 1. The number of aliphatic hydroxyl groups is 1. The number of aliphatic hydroxyl groups excluding tert-OH is 1. The Bertz CT molecular complexity index is 943. The van der Waals surface area contributed by atoms with Gasteiger partial charge in [0.15, 0.2) is 11.4 Å². The number of hydrogen-bond acceptors (Lipinski definition) is 5. The van der Waals surface area contributed by atoms with Crippen LogP contribution in [0.2, 0.25) is 0 Å². The van der Waals surface area contributed by atoms with E-state index in [0.717, 1.165) is 18.4 Å². The van der Waals surface area contributed by atoms with Crippen LogP contribution in [0.1, 0.15) is 66.2 Å². The number of carbonyl (C=O) groups is 3. The maximum absolute atomic E-state index is 13.4. The Morgan fingerprint density at radius 2 is 1.97 bits per heavy atom. The molecule has 4 aliphatic carbocycles. The van der Waals surface area contributed by atoms with Crippen LogP contribution in [0, 0.1) is 28.6 Å². The number of carbonyl (C=O) groups excluding carboxylic acids is 3. The number of fused-ring (bicyclic) bond motifs is 5. The minimum absolute atomic E-state index is 0.0191. The van der Waals surface area contributed by atoms with Crippen molar-refractivity contribution < 1.29 is 24.2 Å². The average Bonchev–Trinajstić information content (AvgIpc) is 2.97. The molecule has 5 nitrogen and oxygen atoms in total. The molecule has 0 aromatic heterocycles. The first kappa shape index (κ1) is 24.9. The first-order chi connectivity index (χ1) is 15.4. The Morgan fingerprint density at radius 1 is 1.27 bits per heavy atom. The molecular weight excluding hydrogens is 463 g/mol. The Hall–Kier alpha value is -1.17. The summed E-state index contributed by atoms with van der Waals surface area (Å²) in [5, 5.41) is 9.42. The molecule has 0 spiro atoms. The van der Waals surface area contributed by atoms with Crippen LogP contribution in [0.5, 0.6) is 0 Å². The molecule has 0 radical (unpaired) electrons. The number of ketones is 2. The number of hydrogen-bond donors (Lipinski definition) is 1. The zero-order valence-electron chi connectivity index (χ0n) is 19.8. The second kappa shape index (κ2) is 8.20. The normalized spacial score (nSPS) is 46.2. The Labute approximate surface area is 205 Å². The molecule has 1 N–H and O–H groups in total. The highest BCUT2D eigenvalue weighted by atomic mass is 35.5. The quantitative estimate of drug-likeness (QED) is 0.438. The van der Waals surface area contributed by atoms with Crippen LogP contribution < -0.4 is 0 Å². The molecule has 0 amide bonds. The van der Waals surface area contributed by atoms with Gasteiger partial charge in [-0.05, 0) is 56.1 Å². The first-order valence-electron chi connectivity index (χ1n) is 12.1. The van der Waals surface area contributed by atoms with Crippen molar-refractivity contribution in [2.75, 3.05) is 6.61 Å². The molecule has 4 rings (SSSR count). The fourth-order valence-electron chi connectivity index (χ4n) is 7.89. The van der Waals surface area contributed by atoms with Gasteiger partial charge in [0, 0.05) is 23.2 Å². The summed E-state index contributed by atoms with van der Waals surface area (Å²) in [7, 11) is 0. The molecule has 7 heteroatoms. The van der Waals surface area contributed by atoms with Crippen LogP contribution in [0.4, 0.5) is 0 Å². The van der Waals surface area contributed by atoms with Crippen molar-refractivity contribution in [3.05, 3.63) is 23.8 Å². The molecule has 0 aliphatic heterocycles. The third-order valence-corrected chi connectivity index (χ3v) is 11.0. The maximum atomic E-state index is 13.4. The zero-order valence-corrected chi connectivity index (χ0v) is 21.3. The van der Waals surface area contributed by atoms with E-state index in [4.69, 9.17) is 27.9 Å². The summed E-state index contributed by atoms with van der Waals surface area (Å²) >= 11 is 14.7. The van der Waals surface area contributed by atoms with Crippen LogP contribution in [-0.4, -0.2) is 45.1 Å². The van der Waals surface area contributed by atoms with Crippen LogP contribution >= 0.6 is 23.2 Å². The van der Waals surface area contributed by atoms with Crippen molar-refractivity contribution in [3.63, 3.8) is 0 Å². The summed E-state index contributed by atoms with van der Waals surface area (Å²) in [6.45, 7) is 7.19. The summed E-state index contributed by atoms with van der Waals surface area (Å²) in [6, 6.07) is 0. The predicted octanol–water partition coefficient (Wildman–Crippen LogP) is 4.76. The smallest absolute Gasteiger partial charge is 0.306 e. The molecule has 0 aromatic carbocycles. The molecule has 0 unspecified atom stereocenters. The Morgan fingerprint density at radius 3 is 2.61 bits per heavy atom. The van der Waals surface area contributed by atoms with Crippen LogP contribution in [0.3, 0.4) is 0 Å². The lowest BCUT2D eigenvalue weighted by molar-refractivity contribution is -0.195. The van der Waals surface area contributed by atoms with Crippen molar-refractivity contribution in [3.8, 4) is 0 Å². The lowest BCUT2D eigenvalue weighted by Crippen LogP contribution is -2.68. The van der Waals surface area contributed by atoms with Gasteiger partial charge in [-0.2, -0.15) is 0 Å². The minimum Gasteiger partial charge on any atom is -0.450 e. The van der Waals surface area contributed by atoms with E-state index in [2.05, 4.69) is 6.92 Å². The standard InChI is InChI=1S/C26H34Cl2O5/c1-5-6-22(32)33-26(21(31)14-29)15(2)11-19-18-8-7-16-12-17(30)9-10-23(16,3)25(18,28)20(27)13-24(19,26)4/h9-10,12,15,18-20,29H,5-8,11,13-14H2,1-4H3/t15-,18+,19+,20+,23+,24+,25+,26+/m1/s1. The molecular formula is C26H34Cl2O5. The summed E-state index contributed by atoms with van der Waals surface area (Å²) in [5.41, 5.74) is -1.75. The highest BCUT2D eigenvalue weighted by molar-refractivity contribution is 6.34. The highest BCUT2D eigenvalue weighted by Gasteiger charge is 2.76. The van der Waals surface area contributed by atoms with Gasteiger partial charge in [0.25, 0.3) is 0 Å². The van der Waals surface area contributed by atoms with Gasteiger partial charge in [0.1, 0.15) is 6.61 Å².